The Kier molecular flexibility index (Phi) is 7.78. The molecule has 31 heavy (non-hydrogen) atoms. The van der Waals surface area contributed by atoms with Crippen molar-refractivity contribution in [2.45, 2.75) is 56.8 Å². The smallest absolute Gasteiger partial charge is 0.407 e. The molecule has 2 fully saturated rings. The van der Waals surface area contributed by atoms with Gasteiger partial charge in [-0.3, -0.25) is 4.79 Å². The predicted molar refractivity (Wildman–Crippen MR) is 115 cm³/mol. The summed E-state index contributed by atoms with van der Waals surface area (Å²) in [5.41, 5.74) is 0.000331. The van der Waals surface area contributed by atoms with E-state index in [0.29, 0.717) is 50.9 Å². The van der Waals surface area contributed by atoms with Crippen molar-refractivity contribution in [2.75, 3.05) is 30.9 Å². The van der Waals surface area contributed by atoms with E-state index < -0.39 is 21.7 Å². The van der Waals surface area contributed by atoms with Crippen LogP contribution in [0.15, 0.2) is 11.0 Å². The summed E-state index contributed by atoms with van der Waals surface area (Å²) < 4.78 is 31.9. The average molecular weight is 478 g/mol. The quantitative estimate of drug-likeness (QED) is 0.500. The first-order valence-electron chi connectivity index (χ1n) is 10.2. The van der Waals surface area contributed by atoms with E-state index in [-0.39, 0.29) is 36.4 Å². The molecule has 1 saturated carbocycles. The fourth-order valence-corrected chi connectivity index (χ4v) is 5.09. The van der Waals surface area contributed by atoms with Crippen molar-refractivity contribution in [3.8, 4) is 0 Å². The first-order valence-corrected chi connectivity index (χ1v) is 12.5. The minimum Gasteiger partial charge on any atom is -0.444 e. The van der Waals surface area contributed by atoms with Crippen LogP contribution in [0.25, 0.3) is 0 Å². The number of nitrogens with zero attached hydrogens (tertiary/aromatic N) is 3. The number of nitrogens with one attached hydrogen (secondary N) is 2. The van der Waals surface area contributed by atoms with Crippen molar-refractivity contribution in [1.82, 2.24) is 19.8 Å². The predicted octanol–water partition coefficient (Wildman–Crippen LogP) is 0.0543. The van der Waals surface area contributed by atoms with E-state index >= 15 is 0 Å². The topological polar surface area (TPSA) is 143 Å². The van der Waals surface area contributed by atoms with E-state index in [1.165, 1.54) is 6.20 Å². The van der Waals surface area contributed by atoms with Gasteiger partial charge in [0.1, 0.15) is 11.1 Å². The Morgan fingerprint density at radius 2 is 1.97 bits per heavy atom. The molecule has 1 atom stereocenters. The molecule has 0 spiro atoms. The van der Waals surface area contributed by atoms with Crippen LogP contribution in [0, 0.1) is 0 Å². The number of sulfonamides is 1. The maximum absolute atomic E-state index is 12.3. The summed E-state index contributed by atoms with van der Waals surface area (Å²) >= 11 is 6.19. The lowest BCUT2D eigenvalue weighted by molar-refractivity contribution is 0.102. The second-order valence-electron chi connectivity index (χ2n) is 7.94. The van der Waals surface area contributed by atoms with E-state index in [2.05, 4.69) is 15.1 Å². The zero-order chi connectivity index (χ0) is 22.6. The highest BCUT2D eigenvalue weighted by atomic mass is 35.5. The molecule has 0 bridgehead atoms. The van der Waals surface area contributed by atoms with Gasteiger partial charge in [-0.25, -0.2) is 22.6 Å². The molecule has 11 nitrogen and oxygen atoms in total. The number of carbonyl (C=O) groups is 1. The molecule has 174 valence electrons. The molecule has 1 aliphatic heterocycles. The third-order valence-electron chi connectivity index (χ3n) is 5.47. The summed E-state index contributed by atoms with van der Waals surface area (Å²) in [5.74, 6) is 0. The Morgan fingerprint density at radius 1 is 1.29 bits per heavy atom. The molecule has 0 aromatic carbocycles. The number of halogens is 1. The Balaban J connectivity index is 1.47. The maximum atomic E-state index is 12.3. The van der Waals surface area contributed by atoms with E-state index in [4.69, 9.17) is 21.4 Å². The molecule has 3 rings (SSSR count). The van der Waals surface area contributed by atoms with E-state index in [9.17, 15) is 18.0 Å². The minimum atomic E-state index is -3.23. The highest BCUT2D eigenvalue weighted by molar-refractivity contribution is 7.88. The third kappa shape index (κ3) is 6.55. The van der Waals surface area contributed by atoms with Crippen LogP contribution in [0.1, 0.15) is 32.1 Å². The average Bonchev–Trinajstić information content (AvgIpc) is 3.14. The fraction of sp³-hybridized carbons (Fsp3) is 0.722. The SMILES string of the molecule is CS(=O)(=O)N[C@H]1CC[C@H](NC(=O)O[C@@H]2CCN(c3cnn(CCO)c(=O)c3Cl)C2)CC1. The third-order valence-corrected chi connectivity index (χ3v) is 6.58. The largest absolute Gasteiger partial charge is 0.444 e. The Labute approximate surface area is 185 Å². The van der Waals surface area contributed by atoms with Gasteiger partial charge in [0.05, 0.1) is 37.8 Å². The first kappa shape index (κ1) is 23.8. The van der Waals surface area contributed by atoms with E-state index in [1.54, 1.807) is 0 Å². The van der Waals surface area contributed by atoms with Gasteiger partial charge in [-0.15, -0.1) is 0 Å². The van der Waals surface area contributed by atoms with Gasteiger partial charge in [0.25, 0.3) is 5.56 Å². The molecule has 0 radical (unpaired) electrons. The monoisotopic (exact) mass is 477 g/mol. The van der Waals surface area contributed by atoms with Crippen molar-refractivity contribution in [3.63, 3.8) is 0 Å². The summed E-state index contributed by atoms with van der Waals surface area (Å²) in [6.07, 6.45) is 5.01. The molecule has 1 aromatic heterocycles. The van der Waals surface area contributed by atoms with E-state index in [0.717, 1.165) is 10.9 Å². The van der Waals surface area contributed by atoms with Gasteiger partial charge in [-0.1, -0.05) is 11.6 Å². The zero-order valence-corrected chi connectivity index (χ0v) is 18.9. The molecule has 2 aliphatic rings. The van der Waals surface area contributed by atoms with Gasteiger partial charge in [0.2, 0.25) is 10.0 Å². The number of anilines is 1. The van der Waals surface area contributed by atoms with Crippen LogP contribution in [-0.4, -0.2) is 73.5 Å². The summed E-state index contributed by atoms with van der Waals surface area (Å²) in [6.45, 7) is 0.804. The number of aromatic nitrogens is 2. The molecule has 1 aromatic rings. The van der Waals surface area contributed by atoms with Gasteiger partial charge >= 0.3 is 6.09 Å². The molecular formula is C18H28ClN5O6S. The fourth-order valence-electron chi connectivity index (χ4n) is 3.98. The molecule has 0 unspecified atom stereocenters. The van der Waals surface area contributed by atoms with Crippen LogP contribution < -0.4 is 20.5 Å². The van der Waals surface area contributed by atoms with Crippen molar-refractivity contribution in [1.29, 1.82) is 0 Å². The number of amides is 1. The molecule has 3 N–H and O–H groups in total. The number of alkyl carbamates (subject to hydrolysis) is 1. The van der Waals surface area contributed by atoms with Crippen LogP contribution in [-0.2, 0) is 21.3 Å². The van der Waals surface area contributed by atoms with E-state index in [1.807, 2.05) is 4.90 Å². The molecule has 1 saturated heterocycles. The second-order valence-corrected chi connectivity index (χ2v) is 10.1. The number of carbonyl (C=O) groups excluding carboxylic acids is 1. The summed E-state index contributed by atoms with van der Waals surface area (Å²) in [5, 5.41) is 15.9. The molecule has 2 heterocycles. The highest BCUT2D eigenvalue weighted by Crippen LogP contribution is 2.26. The van der Waals surface area contributed by atoms with Crippen molar-refractivity contribution in [2.24, 2.45) is 0 Å². The van der Waals surface area contributed by atoms with Gasteiger partial charge in [0.15, 0.2) is 0 Å². The van der Waals surface area contributed by atoms with Crippen molar-refractivity contribution < 1.29 is 23.1 Å². The van der Waals surface area contributed by atoms with Crippen LogP contribution >= 0.6 is 11.6 Å². The summed E-state index contributed by atoms with van der Waals surface area (Å²) in [6, 6.07) is -0.154. The molecule has 1 amide bonds. The Hall–Kier alpha value is -1.89. The van der Waals surface area contributed by atoms with Crippen LogP contribution in [0.3, 0.4) is 0 Å². The van der Waals surface area contributed by atoms with Crippen molar-refractivity contribution >= 4 is 33.4 Å². The van der Waals surface area contributed by atoms with Crippen molar-refractivity contribution in [3.05, 3.63) is 21.6 Å². The molecule has 13 heteroatoms. The van der Waals surface area contributed by atoms with Crippen LogP contribution in [0.2, 0.25) is 5.02 Å². The second kappa shape index (κ2) is 10.2. The van der Waals surface area contributed by atoms with Crippen LogP contribution in [0.5, 0.6) is 0 Å². The molecular weight excluding hydrogens is 450 g/mol. The summed E-state index contributed by atoms with van der Waals surface area (Å²) in [7, 11) is -3.23. The highest BCUT2D eigenvalue weighted by Gasteiger charge is 2.30. The Bertz CT molecular complexity index is 947. The number of aliphatic hydroxyl groups is 1. The normalized spacial score (nSPS) is 24.2. The van der Waals surface area contributed by atoms with Crippen LogP contribution in [0.4, 0.5) is 10.5 Å². The van der Waals surface area contributed by atoms with Gasteiger partial charge in [0, 0.05) is 25.0 Å². The lowest BCUT2D eigenvalue weighted by atomic mass is 9.92. The molecule has 1 aliphatic carbocycles. The first-order chi connectivity index (χ1) is 14.7. The Morgan fingerprint density at radius 3 is 2.61 bits per heavy atom. The zero-order valence-electron chi connectivity index (χ0n) is 17.3. The van der Waals surface area contributed by atoms with Gasteiger partial charge in [-0.05, 0) is 25.7 Å². The number of hydrogen-bond donors (Lipinski definition) is 3. The van der Waals surface area contributed by atoms with Gasteiger partial charge in [-0.2, -0.15) is 5.10 Å². The minimum absolute atomic E-state index is 0.0213. The number of ether oxygens (including phenoxy) is 1. The number of aliphatic hydroxyl groups excluding tert-OH is 1. The maximum Gasteiger partial charge on any atom is 0.407 e. The number of hydrogen-bond acceptors (Lipinski definition) is 8. The lowest BCUT2D eigenvalue weighted by Gasteiger charge is -2.29. The standard InChI is InChI=1S/C18H28ClN5O6S/c1-31(28,29)22-13-4-2-12(3-5-13)21-18(27)30-14-6-7-23(11-14)15-10-20-24(8-9-25)17(26)16(15)19/h10,12-14,22,25H,2-9,11H2,1H3,(H,21,27)/t12-,13-,14-/m1/s1. The number of rotatable bonds is 7. The lowest BCUT2D eigenvalue weighted by Crippen LogP contribution is -2.44. The van der Waals surface area contributed by atoms with Gasteiger partial charge < -0.3 is 20.1 Å². The summed E-state index contributed by atoms with van der Waals surface area (Å²) in [4.78, 5) is 26.3.